The van der Waals surface area contributed by atoms with Crippen molar-refractivity contribution in [2.45, 2.75) is 31.7 Å². The van der Waals surface area contributed by atoms with Crippen molar-refractivity contribution >= 4 is 5.78 Å². The van der Waals surface area contributed by atoms with Crippen molar-refractivity contribution < 1.29 is 25.2 Å². The lowest BCUT2D eigenvalue weighted by Crippen LogP contribution is -2.43. The Bertz CT molecular complexity index is 147. The molecule has 5 heteroatoms. The molecule has 5 nitrogen and oxygen atoms in total. The number of carbonyl (C=O) groups excluding carboxylic acids is 1. The Morgan fingerprint density at radius 1 is 1.33 bits per heavy atom. The van der Waals surface area contributed by atoms with Gasteiger partial charge in [0.2, 0.25) is 0 Å². The van der Waals surface area contributed by atoms with E-state index in [0.29, 0.717) is 0 Å². The molecule has 0 amide bonds. The third-order valence-electron chi connectivity index (χ3n) is 1.58. The first kappa shape index (κ1) is 11.5. The molecule has 0 radical (unpaired) electrons. The second-order valence-corrected chi connectivity index (χ2v) is 2.51. The predicted octanol–water partition coefficient (Wildman–Crippen LogP) is -1.96. The summed E-state index contributed by atoms with van der Waals surface area (Å²) in [6, 6.07) is 0. The van der Waals surface area contributed by atoms with Crippen molar-refractivity contribution in [1.82, 2.24) is 0 Å². The zero-order valence-electron chi connectivity index (χ0n) is 6.84. The third kappa shape index (κ3) is 2.86. The third-order valence-corrected chi connectivity index (χ3v) is 1.58. The fourth-order valence-corrected chi connectivity index (χ4v) is 0.718. The molecule has 0 spiro atoms. The summed E-state index contributed by atoms with van der Waals surface area (Å²) in [5, 5.41) is 35.2. The summed E-state index contributed by atoms with van der Waals surface area (Å²) < 4.78 is 0. The first-order valence-corrected chi connectivity index (χ1v) is 3.72. The molecule has 4 N–H and O–H groups in total. The van der Waals surface area contributed by atoms with Crippen molar-refractivity contribution in [2.75, 3.05) is 6.61 Å². The molecule has 0 aliphatic heterocycles. The maximum atomic E-state index is 10.8. The molecule has 0 aliphatic rings. The standard InChI is InChI=1S/C7H14O5/c1-2-4(9)6(11)7(12)5(10)3-8/h5-8,10-12H,2-3H2,1H3. The maximum Gasteiger partial charge on any atom is 0.163 e. The van der Waals surface area contributed by atoms with E-state index in [1.165, 1.54) is 6.92 Å². The number of rotatable bonds is 5. The van der Waals surface area contributed by atoms with E-state index in [1.54, 1.807) is 0 Å². The fourth-order valence-electron chi connectivity index (χ4n) is 0.718. The van der Waals surface area contributed by atoms with Crippen LogP contribution >= 0.6 is 0 Å². The summed E-state index contributed by atoms with van der Waals surface area (Å²) in [5.41, 5.74) is 0. The molecule has 12 heavy (non-hydrogen) atoms. The van der Waals surface area contributed by atoms with Gasteiger partial charge in [0.25, 0.3) is 0 Å². The van der Waals surface area contributed by atoms with Crippen LogP contribution in [0.2, 0.25) is 0 Å². The SMILES string of the molecule is CCC(=O)C(O)C(O)C(O)CO. The van der Waals surface area contributed by atoms with E-state index < -0.39 is 30.7 Å². The zero-order valence-corrected chi connectivity index (χ0v) is 6.84. The average Bonchev–Trinajstić information content (AvgIpc) is 2.12. The molecule has 0 aromatic carbocycles. The van der Waals surface area contributed by atoms with E-state index in [-0.39, 0.29) is 6.42 Å². The van der Waals surface area contributed by atoms with E-state index in [4.69, 9.17) is 20.4 Å². The van der Waals surface area contributed by atoms with Crippen LogP contribution in [0.15, 0.2) is 0 Å². The van der Waals surface area contributed by atoms with E-state index in [9.17, 15) is 4.79 Å². The summed E-state index contributed by atoms with van der Waals surface area (Å²) in [7, 11) is 0. The molecule has 0 saturated heterocycles. The van der Waals surface area contributed by atoms with Gasteiger partial charge in [-0.25, -0.2) is 0 Å². The molecular weight excluding hydrogens is 164 g/mol. The molecule has 3 unspecified atom stereocenters. The predicted molar refractivity (Wildman–Crippen MR) is 40.4 cm³/mol. The Balaban J connectivity index is 4.08. The van der Waals surface area contributed by atoms with Gasteiger partial charge >= 0.3 is 0 Å². The Morgan fingerprint density at radius 3 is 2.17 bits per heavy atom. The van der Waals surface area contributed by atoms with Gasteiger partial charge < -0.3 is 20.4 Å². The smallest absolute Gasteiger partial charge is 0.163 e. The van der Waals surface area contributed by atoms with Crippen molar-refractivity contribution in [2.24, 2.45) is 0 Å². The van der Waals surface area contributed by atoms with Gasteiger partial charge in [-0.2, -0.15) is 0 Å². The minimum atomic E-state index is -1.61. The van der Waals surface area contributed by atoms with Crippen LogP contribution in [-0.2, 0) is 4.79 Å². The number of hydrogen-bond acceptors (Lipinski definition) is 5. The number of hydrogen-bond donors (Lipinski definition) is 4. The van der Waals surface area contributed by atoms with E-state index in [0.717, 1.165) is 0 Å². The van der Waals surface area contributed by atoms with Gasteiger partial charge in [-0.3, -0.25) is 4.79 Å². The van der Waals surface area contributed by atoms with Gasteiger partial charge in [-0.05, 0) is 0 Å². The molecule has 0 aromatic rings. The van der Waals surface area contributed by atoms with Gasteiger partial charge in [0.15, 0.2) is 5.78 Å². The summed E-state index contributed by atoms with van der Waals surface area (Å²) in [6.45, 7) is 0.846. The summed E-state index contributed by atoms with van der Waals surface area (Å²) in [6.07, 6.45) is -4.62. The van der Waals surface area contributed by atoms with Gasteiger partial charge in [-0.15, -0.1) is 0 Å². The highest BCUT2D eigenvalue weighted by atomic mass is 16.4. The second-order valence-electron chi connectivity index (χ2n) is 2.51. The second kappa shape index (κ2) is 5.21. The number of carbonyl (C=O) groups is 1. The Morgan fingerprint density at radius 2 is 1.83 bits per heavy atom. The van der Waals surface area contributed by atoms with Crippen LogP contribution in [0.5, 0.6) is 0 Å². The molecule has 0 heterocycles. The Hall–Kier alpha value is -0.490. The maximum absolute atomic E-state index is 10.8. The van der Waals surface area contributed by atoms with Gasteiger partial charge in [0.1, 0.15) is 18.3 Å². The lowest BCUT2D eigenvalue weighted by molar-refractivity contribution is -0.139. The summed E-state index contributed by atoms with van der Waals surface area (Å²) in [4.78, 5) is 10.8. The molecule has 0 bridgehead atoms. The normalized spacial score (nSPS) is 18.4. The van der Waals surface area contributed by atoms with Gasteiger partial charge in [0.05, 0.1) is 6.61 Å². The largest absolute Gasteiger partial charge is 0.394 e. The Labute approximate surface area is 70.3 Å². The van der Waals surface area contributed by atoms with Crippen molar-refractivity contribution in [1.29, 1.82) is 0 Å². The summed E-state index contributed by atoms with van der Waals surface area (Å²) in [5.74, 6) is -0.560. The highest BCUT2D eigenvalue weighted by Crippen LogP contribution is 2.02. The minimum Gasteiger partial charge on any atom is -0.394 e. The number of aliphatic hydroxyl groups is 4. The fraction of sp³-hybridized carbons (Fsp3) is 0.857. The van der Waals surface area contributed by atoms with E-state index in [2.05, 4.69) is 0 Å². The van der Waals surface area contributed by atoms with Crippen molar-refractivity contribution in [3.63, 3.8) is 0 Å². The number of ketones is 1. The first-order valence-electron chi connectivity index (χ1n) is 3.72. The summed E-state index contributed by atoms with van der Waals surface area (Å²) >= 11 is 0. The van der Waals surface area contributed by atoms with E-state index >= 15 is 0 Å². The molecular formula is C7H14O5. The van der Waals surface area contributed by atoms with Gasteiger partial charge in [-0.1, -0.05) is 6.92 Å². The molecule has 72 valence electrons. The Kier molecular flexibility index (Phi) is 5.00. The van der Waals surface area contributed by atoms with Crippen LogP contribution in [0.4, 0.5) is 0 Å². The zero-order chi connectivity index (χ0) is 9.72. The monoisotopic (exact) mass is 178 g/mol. The molecule has 0 aliphatic carbocycles. The number of aliphatic hydroxyl groups excluding tert-OH is 4. The van der Waals surface area contributed by atoms with Crippen LogP contribution in [-0.4, -0.2) is 51.1 Å². The molecule has 0 aromatic heterocycles. The van der Waals surface area contributed by atoms with Crippen LogP contribution in [0.3, 0.4) is 0 Å². The highest BCUT2D eigenvalue weighted by Gasteiger charge is 2.28. The minimum absolute atomic E-state index is 0.0797. The van der Waals surface area contributed by atoms with Crippen LogP contribution in [0.25, 0.3) is 0 Å². The highest BCUT2D eigenvalue weighted by molar-refractivity contribution is 5.83. The van der Waals surface area contributed by atoms with Crippen molar-refractivity contribution in [3.8, 4) is 0 Å². The molecule has 0 fully saturated rings. The van der Waals surface area contributed by atoms with E-state index in [1.807, 2.05) is 0 Å². The first-order chi connectivity index (χ1) is 5.54. The molecule has 0 rings (SSSR count). The average molecular weight is 178 g/mol. The van der Waals surface area contributed by atoms with Crippen molar-refractivity contribution in [3.05, 3.63) is 0 Å². The number of Topliss-reactive ketones (excluding diaryl/α,β-unsaturated/α-hetero) is 1. The van der Waals surface area contributed by atoms with Crippen LogP contribution in [0.1, 0.15) is 13.3 Å². The topological polar surface area (TPSA) is 98.0 Å². The van der Waals surface area contributed by atoms with Gasteiger partial charge in [0, 0.05) is 6.42 Å². The van der Waals surface area contributed by atoms with Crippen LogP contribution < -0.4 is 0 Å². The lowest BCUT2D eigenvalue weighted by atomic mass is 10.0. The molecule has 0 saturated carbocycles. The molecule has 3 atom stereocenters. The van der Waals surface area contributed by atoms with Crippen LogP contribution in [0, 0.1) is 0 Å². The quantitative estimate of drug-likeness (QED) is 0.392. The lowest BCUT2D eigenvalue weighted by Gasteiger charge is -2.19.